The summed E-state index contributed by atoms with van der Waals surface area (Å²) in [5.41, 5.74) is 1.03. The van der Waals surface area contributed by atoms with Crippen molar-refractivity contribution in [2.75, 3.05) is 19.8 Å². The topological polar surface area (TPSA) is 75.6 Å². The molecule has 0 bridgehead atoms. The normalized spacial score (nSPS) is 17.5. The van der Waals surface area contributed by atoms with E-state index in [0.717, 1.165) is 25.0 Å². The average Bonchev–Trinajstić information content (AvgIpc) is 2.52. The van der Waals surface area contributed by atoms with Crippen molar-refractivity contribution in [3.8, 4) is 0 Å². The molecule has 0 aliphatic carbocycles. The summed E-state index contributed by atoms with van der Waals surface area (Å²) < 4.78 is 5.43. The van der Waals surface area contributed by atoms with Crippen molar-refractivity contribution >= 4 is 11.9 Å². The Morgan fingerprint density at radius 3 is 2.48 bits per heavy atom. The highest BCUT2D eigenvalue weighted by atomic mass is 16.5. The lowest BCUT2D eigenvalue weighted by atomic mass is 9.74. The lowest BCUT2D eigenvalue weighted by molar-refractivity contribution is -0.131. The van der Waals surface area contributed by atoms with Gasteiger partial charge in [-0.05, 0) is 18.4 Å². The Bertz CT molecular complexity index is 518. The largest absolute Gasteiger partial charge is 0.478 e. The number of rotatable bonds is 5. The van der Waals surface area contributed by atoms with Gasteiger partial charge >= 0.3 is 5.97 Å². The molecule has 1 aliphatic rings. The number of amides is 1. The number of nitrogens with one attached hydrogen (secondary N) is 1. The molecule has 5 heteroatoms. The number of hydrogen-bond donors (Lipinski definition) is 2. The second kappa shape index (κ2) is 7.04. The summed E-state index contributed by atoms with van der Waals surface area (Å²) in [5, 5.41) is 11.3. The second-order valence-corrected chi connectivity index (χ2v) is 5.15. The van der Waals surface area contributed by atoms with Crippen LogP contribution in [0.3, 0.4) is 0 Å². The molecule has 1 aromatic rings. The third-order valence-corrected chi connectivity index (χ3v) is 3.81. The number of hydrogen-bond acceptors (Lipinski definition) is 3. The Hall–Kier alpha value is -2.14. The maximum atomic E-state index is 11.7. The van der Waals surface area contributed by atoms with Gasteiger partial charge in [-0.25, -0.2) is 4.79 Å². The van der Waals surface area contributed by atoms with E-state index < -0.39 is 5.97 Å². The lowest BCUT2D eigenvalue weighted by Crippen LogP contribution is -2.44. The summed E-state index contributed by atoms with van der Waals surface area (Å²) >= 11 is 0. The first kappa shape index (κ1) is 15.3. The van der Waals surface area contributed by atoms with E-state index in [1.807, 2.05) is 18.2 Å². The number of carbonyl (C=O) groups excluding carboxylic acids is 1. The van der Waals surface area contributed by atoms with Crippen LogP contribution in [0.15, 0.2) is 42.5 Å². The standard InChI is InChI=1S/C16H19NO4/c18-14(6-7-15(19)20)17-12-16(8-10-21-11-9-16)13-4-2-1-3-5-13/h1-7H,8-12H2,(H,17,18)(H,19,20)/b7-6-. The van der Waals surface area contributed by atoms with Crippen LogP contribution in [0.5, 0.6) is 0 Å². The van der Waals surface area contributed by atoms with Crippen LogP contribution in [-0.2, 0) is 19.7 Å². The van der Waals surface area contributed by atoms with Gasteiger partial charge in [0.15, 0.2) is 0 Å². The van der Waals surface area contributed by atoms with Crippen molar-refractivity contribution in [3.63, 3.8) is 0 Å². The molecule has 1 fully saturated rings. The molecule has 0 atom stereocenters. The summed E-state index contributed by atoms with van der Waals surface area (Å²) in [6.45, 7) is 1.80. The zero-order valence-corrected chi connectivity index (χ0v) is 11.7. The number of benzene rings is 1. The molecule has 2 rings (SSSR count). The van der Waals surface area contributed by atoms with Crippen molar-refractivity contribution in [2.24, 2.45) is 0 Å². The third kappa shape index (κ3) is 4.16. The first-order valence-corrected chi connectivity index (χ1v) is 6.94. The molecule has 0 unspecified atom stereocenters. The molecule has 0 aromatic heterocycles. The molecular weight excluding hydrogens is 270 g/mol. The van der Waals surface area contributed by atoms with Gasteiger partial charge in [-0.3, -0.25) is 4.79 Å². The lowest BCUT2D eigenvalue weighted by Gasteiger charge is -2.37. The summed E-state index contributed by atoms with van der Waals surface area (Å²) in [4.78, 5) is 22.1. The van der Waals surface area contributed by atoms with Crippen LogP contribution in [0.25, 0.3) is 0 Å². The fourth-order valence-corrected chi connectivity index (χ4v) is 2.58. The smallest absolute Gasteiger partial charge is 0.328 e. The molecule has 1 heterocycles. The summed E-state index contributed by atoms with van der Waals surface area (Å²) in [6, 6.07) is 10.1. The second-order valence-electron chi connectivity index (χ2n) is 5.15. The van der Waals surface area contributed by atoms with E-state index in [-0.39, 0.29) is 11.3 Å². The van der Waals surface area contributed by atoms with Gasteiger partial charge in [0, 0.05) is 37.3 Å². The Labute approximate surface area is 123 Å². The van der Waals surface area contributed by atoms with Crippen LogP contribution in [0.4, 0.5) is 0 Å². The highest BCUT2D eigenvalue weighted by molar-refractivity contribution is 5.93. The van der Waals surface area contributed by atoms with Crippen molar-refractivity contribution in [3.05, 3.63) is 48.0 Å². The van der Waals surface area contributed by atoms with Crippen molar-refractivity contribution in [1.29, 1.82) is 0 Å². The molecule has 2 N–H and O–H groups in total. The molecule has 0 radical (unpaired) electrons. The van der Waals surface area contributed by atoms with Crippen molar-refractivity contribution in [2.45, 2.75) is 18.3 Å². The first-order valence-electron chi connectivity index (χ1n) is 6.94. The fourth-order valence-electron chi connectivity index (χ4n) is 2.58. The van der Waals surface area contributed by atoms with E-state index in [1.165, 1.54) is 5.56 Å². The van der Waals surface area contributed by atoms with Crippen LogP contribution in [0.1, 0.15) is 18.4 Å². The van der Waals surface area contributed by atoms with Gasteiger partial charge < -0.3 is 15.2 Å². The molecule has 0 spiro atoms. The van der Waals surface area contributed by atoms with E-state index >= 15 is 0 Å². The van der Waals surface area contributed by atoms with Gasteiger partial charge in [-0.1, -0.05) is 30.3 Å². The molecule has 1 aliphatic heterocycles. The molecule has 21 heavy (non-hydrogen) atoms. The monoisotopic (exact) mass is 289 g/mol. The van der Waals surface area contributed by atoms with Gasteiger partial charge in [0.25, 0.3) is 0 Å². The van der Waals surface area contributed by atoms with Gasteiger partial charge in [-0.2, -0.15) is 0 Å². The molecule has 1 saturated heterocycles. The van der Waals surface area contributed by atoms with E-state index in [2.05, 4.69) is 17.4 Å². The van der Waals surface area contributed by atoms with E-state index in [0.29, 0.717) is 19.8 Å². The Morgan fingerprint density at radius 2 is 1.86 bits per heavy atom. The predicted octanol–water partition coefficient (Wildman–Crippen LogP) is 1.49. The Kier molecular flexibility index (Phi) is 5.11. The predicted molar refractivity (Wildman–Crippen MR) is 78.0 cm³/mol. The van der Waals surface area contributed by atoms with Crippen molar-refractivity contribution in [1.82, 2.24) is 5.32 Å². The number of carbonyl (C=O) groups is 2. The van der Waals surface area contributed by atoms with Crippen LogP contribution >= 0.6 is 0 Å². The van der Waals surface area contributed by atoms with Crippen molar-refractivity contribution < 1.29 is 19.4 Å². The summed E-state index contributed by atoms with van der Waals surface area (Å²) in [5.74, 6) is -1.52. The quantitative estimate of drug-likeness (QED) is 0.805. The Balaban J connectivity index is 2.07. The molecule has 0 saturated carbocycles. The number of ether oxygens (including phenoxy) is 1. The highest BCUT2D eigenvalue weighted by Crippen LogP contribution is 2.34. The van der Waals surface area contributed by atoms with Crippen LogP contribution in [0.2, 0.25) is 0 Å². The number of carboxylic acids is 1. The van der Waals surface area contributed by atoms with Crippen LogP contribution < -0.4 is 5.32 Å². The minimum Gasteiger partial charge on any atom is -0.478 e. The van der Waals surface area contributed by atoms with Gasteiger partial charge in [0.2, 0.25) is 5.91 Å². The molecule has 5 nitrogen and oxygen atoms in total. The molecular formula is C16H19NO4. The number of carboxylic acid groups (broad SMARTS) is 1. The maximum Gasteiger partial charge on any atom is 0.328 e. The SMILES string of the molecule is O=C(O)/C=C\C(=O)NCC1(c2ccccc2)CCOCC1. The summed E-state index contributed by atoms with van der Waals surface area (Å²) in [6.07, 6.45) is 3.55. The molecule has 1 amide bonds. The molecule has 112 valence electrons. The maximum absolute atomic E-state index is 11.7. The van der Waals surface area contributed by atoms with Gasteiger partial charge in [-0.15, -0.1) is 0 Å². The highest BCUT2D eigenvalue weighted by Gasteiger charge is 2.34. The van der Waals surface area contributed by atoms with E-state index in [1.54, 1.807) is 0 Å². The first-order chi connectivity index (χ1) is 10.1. The molecule has 1 aromatic carbocycles. The van der Waals surface area contributed by atoms with Crippen LogP contribution in [0, 0.1) is 0 Å². The van der Waals surface area contributed by atoms with Crippen LogP contribution in [-0.4, -0.2) is 36.7 Å². The van der Waals surface area contributed by atoms with E-state index in [9.17, 15) is 9.59 Å². The third-order valence-electron chi connectivity index (χ3n) is 3.81. The minimum absolute atomic E-state index is 0.147. The minimum atomic E-state index is -1.13. The van der Waals surface area contributed by atoms with Gasteiger partial charge in [0.1, 0.15) is 0 Å². The van der Waals surface area contributed by atoms with Gasteiger partial charge in [0.05, 0.1) is 0 Å². The zero-order valence-electron chi connectivity index (χ0n) is 11.7. The zero-order chi connectivity index (χ0) is 15.1. The summed E-state index contributed by atoms with van der Waals surface area (Å²) in [7, 11) is 0. The van der Waals surface area contributed by atoms with E-state index in [4.69, 9.17) is 9.84 Å². The average molecular weight is 289 g/mol. The number of aliphatic carboxylic acids is 1. The fraction of sp³-hybridized carbons (Fsp3) is 0.375. The Morgan fingerprint density at radius 1 is 1.19 bits per heavy atom.